The van der Waals surface area contributed by atoms with Gasteiger partial charge in [0.15, 0.2) is 9.84 Å². The van der Waals surface area contributed by atoms with E-state index in [4.69, 9.17) is 9.47 Å². The van der Waals surface area contributed by atoms with E-state index in [-0.39, 0.29) is 39.0 Å². The molecule has 0 aliphatic carbocycles. The number of fused-ring (bicyclic) bond motifs is 1. The van der Waals surface area contributed by atoms with Crippen molar-refractivity contribution in [2.45, 2.75) is 22.0 Å². The van der Waals surface area contributed by atoms with Crippen molar-refractivity contribution >= 4 is 26.4 Å². The van der Waals surface area contributed by atoms with Gasteiger partial charge in [-0.05, 0) is 31.2 Å². The molecule has 7 nitrogen and oxygen atoms in total. The highest BCUT2D eigenvalue weighted by Gasteiger charge is 2.46. The summed E-state index contributed by atoms with van der Waals surface area (Å²) in [5.74, 6) is -1.06. The Balaban J connectivity index is 2.27. The zero-order valence-electron chi connectivity index (χ0n) is 14.8. The minimum atomic E-state index is -3.94. The second-order valence-electron chi connectivity index (χ2n) is 5.96. The largest absolute Gasteiger partial charge is 0.493 e. The van der Waals surface area contributed by atoms with Crippen molar-refractivity contribution in [3.63, 3.8) is 0 Å². The van der Waals surface area contributed by atoms with Gasteiger partial charge in [0, 0.05) is 5.56 Å². The Labute approximate surface area is 159 Å². The van der Waals surface area contributed by atoms with Crippen LogP contribution in [0, 0.1) is 0 Å². The molecule has 0 saturated carbocycles. The molecular formula is C18H20O7S2. The predicted octanol–water partition coefficient (Wildman–Crippen LogP) is 3.51. The van der Waals surface area contributed by atoms with E-state index in [1.54, 1.807) is 25.1 Å². The molecule has 0 radical (unpaired) electrons. The number of esters is 1. The number of methoxy groups -OCH3 is 1. The van der Waals surface area contributed by atoms with Crippen molar-refractivity contribution in [1.29, 1.82) is 0 Å². The van der Waals surface area contributed by atoms with Crippen LogP contribution in [0.1, 0.15) is 28.1 Å². The molecule has 1 heterocycles. The Morgan fingerprint density at radius 3 is 2.44 bits per heavy atom. The molecule has 146 valence electrons. The average molecular weight is 412 g/mol. The van der Waals surface area contributed by atoms with Crippen LogP contribution in [0.4, 0.5) is 0 Å². The first kappa shape index (κ1) is 19.7. The number of hydrogen-bond acceptors (Lipinski definition) is 7. The van der Waals surface area contributed by atoms with Gasteiger partial charge in [0.2, 0.25) is 0 Å². The summed E-state index contributed by atoms with van der Waals surface area (Å²) in [4.78, 5) is 12.3. The van der Waals surface area contributed by atoms with E-state index in [9.17, 15) is 22.3 Å². The maximum absolute atomic E-state index is 13.2. The number of ether oxygens (including phenoxy) is 2. The third kappa shape index (κ3) is 3.31. The van der Waals surface area contributed by atoms with Crippen LogP contribution in [-0.4, -0.2) is 43.0 Å². The maximum atomic E-state index is 13.2. The van der Waals surface area contributed by atoms with Gasteiger partial charge in [-0.3, -0.25) is 9.11 Å². The molecule has 27 heavy (non-hydrogen) atoms. The lowest BCUT2D eigenvalue weighted by atomic mass is 10.1. The fraction of sp³-hybridized carbons (Fsp3) is 0.278. The first-order chi connectivity index (χ1) is 12.7. The van der Waals surface area contributed by atoms with Gasteiger partial charge in [0.25, 0.3) is 0 Å². The Bertz CT molecular complexity index is 969. The van der Waals surface area contributed by atoms with Crippen LogP contribution < -0.4 is 4.74 Å². The third-order valence-electron chi connectivity index (χ3n) is 4.35. The number of rotatable bonds is 5. The zero-order chi connectivity index (χ0) is 19.8. The highest BCUT2D eigenvalue weighted by atomic mass is 32.3. The van der Waals surface area contributed by atoms with E-state index in [2.05, 4.69) is 0 Å². The molecule has 0 aromatic heterocycles. The Morgan fingerprint density at radius 2 is 1.85 bits per heavy atom. The average Bonchev–Trinajstić information content (AvgIpc) is 2.94. The number of sulfone groups is 1. The van der Waals surface area contributed by atoms with Crippen molar-refractivity contribution < 1.29 is 31.8 Å². The van der Waals surface area contributed by atoms with Crippen LogP contribution >= 0.6 is 10.6 Å². The van der Waals surface area contributed by atoms with E-state index in [0.717, 1.165) is 0 Å². The van der Waals surface area contributed by atoms with Crippen molar-refractivity contribution in [2.75, 3.05) is 19.5 Å². The van der Waals surface area contributed by atoms with Gasteiger partial charge < -0.3 is 9.47 Å². The first-order valence-electron chi connectivity index (χ1n) is 8.17. The molecule has 0 saturated heterocycles. The zero-order valence-corrected chi connectivity index (χ0v) is 16.4. The van der Waals surface area contributed by atoms with Crippen LogP contribution in [0.5, 0.6) is 5.75 Å². The molecule has 2 aromatic rings. The van der Waals surface area contributed by atoms with Gasteiger partial charge in [-0.15, -0.1) is 0 Å². The molecule has 0 fully saturated rings. The summed E-state index contributed by atoms with van der Waals surface area (Å²) >= 11 is 0. The molecule has 0 bridgehead atoms. The van der Waals surface area contributed by atoms with Crippen molar-refractivity contribution in [3.8, 4) is 5.75 Å². The molecule has 9 heteroatoms. The summed E-state index contributed by atoms with van der Waals surface area (Å²) in [6.07, 6.45) is 0. The number of hydrogen-bond donors (Lipinski definition) is 2. The Morgan fingerprint density at radius 1 is 1.19 bits per heavy atom. The van der Waals surface area contributed by atoms with Crippen molar-refractivity contribution in [3.05, 3.63) is 53.6 Å². The van der Waals surface area contributed by atoms with Gasteiger partial charge in [0.1, 0.15) is 16.6 Å². The second-order valence-corrected chi connectivity index (χ2v) is 10.2. The molecule has 1 aliphatic rings. The maximum Gasteiger partial charge on any atom is 0.341 e. The quantitative estimate of drug-likeness (QED) is 0.723. The number of carbonyl (C=O) groups is 1. The third-order valence-corrected chi connectivity index (χ3v) is 8.50. The van der Waals surface area contributed by atoms with Crippen LogP contribution in [-0.2, 0) is 14.6 Å². The van der Waals surface area contributed by atoms with E-state index in [0.29, 0.717) is 0 Å². The standard InChI is InChI=1S/C18H20O7S2/c1-3-25-17-13(18(19)24-2)9-10-14-16(17)15(11-26(14,20)21)27(22,23)12-7-5-4-6-8-12/h4-10,15,20-21H,3,11H2,1-2H3. The Hall–Kier alpha value is -2.07. The van der Waals surface area contributed by atoms with E-state index >= 15 is 0 Å². The van der Waals surface area contributed by atoms with Gasteiger partial charge in [0.05, 0.1) is 29.3 Å². The van der Waals surface area contributed by atoms with Gasteiger partial charge in [-0.1, -0.05) is 18.2 Å². The minimum Gasteiger partial charge on any atom is -0.493 e. The monoisotopic (exact) mass is 412 g/mol. The van der Waals surface area contributed by atoms with Crippen LogP contribution in [0.2, 0.25) is 0 Å². The summed E-state index contributed by atoms with van der Waals surface area (Å²) in [5, 5.41) is -1.24. The van der Waals surface area contributed by atoms with Gasteiger partial charge in [-0.2, -0.15) is 10.6 Å². The van der Waals surface area contributed by atoms with Gasteiger partial charge >= 0.3 is 5.97 Å². The summed E-state index contributed by atoms with van der Waals surface area (Å²) in [5.41, 5.74) is 0.159. The van der Waals surface area contributed by atoms with Crippen LogP contribution in [0.15, 0.2) is 52.3 Å². The van der Waals surface area contributed by atoms with Gasteiger partial charge in [-0.25, -0.2) is 13.2 Å². The number of benzene rings is 2. The molecule has 2 N–H and O–H groups in total. The fourth-order valence-electron chi connectivity index (χ4n) is 3.15. The molecule has 0 spiro atoms. The molecule has 1 aliphatic heterocycles. The lowest BCUT2D eigenvalue weighted by molar-refractivity contribution is 0.0596. The summed E-state index contributed by atoms with van der Waals surface area (Å²) in [6, 6.07) is 10.5. The normalized spacial score (nSPS) is 19.2. The molecular weight excluding hydrogens is 392 g/mol. The minimum absolute atomic E-state index is 0.0174. The molecule has 1 atom stereocenters. The Kier molecular flexibility index (Phi) is 5.22. The van der Waals surface area contributed by atoms with E-state index in [1.807, 2.05) is 0 Å². The fourth-order valence-corrected chi connectivity index (χ4v) is 7.56. The van der Waals surface area contributed by atoms with Crippen LogP contribution in [0.3, 0.4) is 0 Å². The highest BCUT2D eigenvalue weighted by molar-refractivity contribution is 8.25. The molecule has 1 unspecified atom stereocenters. The van der Waals surface area contributed by atoms with E-state index in [1.165, 1.54) is 31.4 Å². The number of carbonyl (C=O) groups excluding carboxylic acids is 1. The second kappa shape index (κ2) is 7.16. The highest BCUT2D eigenvalue weighted by Crippen LogP contribution is 2.63. The molecule has 0 amide bonds. The first-order valence-corrected chi connectivity index (χ1v) is 11.4. The van der Waals surface area contributed by atoms with Crippen molar-refractivity contribution in [1.82, 2.24) is 0 Å². The SMILES string of the molecule is CCOc1c(C(=O)OC)ccc2c1C(S(=O)(=O)c1ccccc1)CS2(O)O. The van der Waals surface area contributed by atoms with E-state index < -0.39 is 31.6 Å². The summed E-state index contributed by atoms with van der Waals surface area (Å²) in [6.45, 7) is 1.85. The van der Waals surface area contributed by atoms with Crippen molar-refractivity contribution in [2.24, 2.45) is 0 Å². The van der Waals surface area contributed by atoms with Crippen LogP contribution in [0.25, 0.3) is 0 Å². The lowest BCUT2D eigenvalue weighted by Crippen LogP contribution is -2.17. The lowest BCUT2D eigenvalue weighted by Gasteiger charge is -2.27. The molecule has 2 aromatic carbocycles. The predicted molar refractivity (Wildman–Crippen MR) is 101 cm³/mol. The molecule has 3 rings (SSSR count). The summed E-state index contributed by atoms with van der Waals surface area (Å²) in [7, 11) is -6.09. The topological polar surface area (TPSA) is 110 Å². The summed E-state index contributed by atoms with van der Waals surface area (Å²) < 4.78 is 57.8. The smallest absolute Gasteiger partial charge is 0.341 e.